The monoisotopic (exact) mass is 389 g/mol. The molecule has 0 radical (unpaired) electrons. The van der Waals surface area contributed by atoms with E-state index < -0.39 is 5.60 Å². The number of nitrogens with one attached hydrogen (secondary N) is 1. The number of hydrogen-bond donors (Lipinski definition) is 2. The lowest BCUT2D eigenvalue weighted by atomic mass is 9.75. The lowest BCUT2D eigenvalue weighted by Crippen LogP contribution is -2.55. The fourth-order valence-electron chi connectivity index (χ4n) is 3.66. The van der Waals surface area contributed by atoms with E-state index >= 15 is 0 Å². The van der Waals surface area contributed by atoms with E-state index in [0.29, 0.717) is 26.1 Å². The summed E-state index contributed by atoms with van der Waals surface area (Å²) in [5.41, 5.74) is -0.162. The number of carbonyl (C=O) groups excluding carboxylic acids is 1. The fourth-order valence-corrected chi connectivity index (χ4v) is 4.27. The number of anilines is 1. The van der Waals surface area contributed by atoms with E-state index in [1.807, 2.05) is 55.9 Å². The first-order valence-corrected chi connectivity index (χ1v) is 9.91. The third-order valence-corrected chi connectivity index (χ3v) is 5.86. The van der Waals surface area contributed by atoms with Crippen molar-refractivity contribution < 1.29 is 14.6 Å². The summed E-state index contributed by atoms with van der Waals surface area (Å²) in [4.78, 5) is 16.5. The van der Waals surface area contributed by atoms with Crippen molar-refractivity contribution in [2.75, 3.05) is 46.2 Å². The Bertz CT molecular complexity index is 766. The van der Waals surface area contributed by atoms with Crippen LogP contribution in [0.1, 0.15) is 12.0 Å². The Kier molecular flexibility index (Phi) is 6.04. The molecule has 2 unspecified atom stereocenters. The Morgan fingerprint density at radius 2 is 2.22 bits per heavy atom. The molecular weight excluding hydrogens is 362 g/mol. The van der Waals surface area contributed by atoms with Crippen LogP contribution in [-0.2, 0) is 5.60 Å². The van der Waals surface area contributed by atoms with Crippen molar-refractivity contribution in [2.45, 2.75) is 12.0 Å². The number of benzene rings is 1. The van der Waals surface area contributed by atoms with Crippen LogP contribution in [0.2, 0.25) is 0 Å². The zero-order valence-electron chi connectivity index (χ0n) is 16.0. The predicted molar refractivity (Wildman–Crippen MR) is 108 cm³/mol. The van der Waals surface area contributed by atoms with E-state index in [9.17, 15) is 9.90 Å². The van der Waals surface area contributed by atoms with E-state index in [0.717, 1.165) is 16.3 Å². The SMILES string of the molecule is COc1cccc(C2(O)CCN(C(=O)Nc3cccs3)CC2CN(C)C)c1. The topological polar surface area (TPSA) is 65.0 Å². The molecule has 1 aliphatic heterocycles. The molecule has 0 spiro atoms. The van der Waals surface area contributed by atoms with Crippen LogP contribution in [0.15, 0.2) is 41.8 Å². The van der Waals surface area contributed by atoms with Gasteiger partial charge in [0, 0.05) is 25.6 Å². The minimum Gasteiger partial charge on any atom is -0.497 e. The maximum Gasteiger partial charge on any atom is 0.322 e. The predicted octanol–water partition coefficient (Wildman–Crippen LogP) is 3.06. The van der Waals surface area contributed by atoms with Gasteiger partial charge in [-0.25, -0.2) is 4.79 Å². The van der Waals surface area contributed by atoms with Gasteiger partial charge in [-0.3, -0.25) is 5.32 Å². The molecule has 2 N–H and O–H groups in total. The number of hydrogen-bond acceptors (Lipinski definition) is 5. The van der Waals surface area contributed by atoms with Crippen molar-refractivity contribution >= 4 is 22.4 Å². The first kappa shape index (κ1) is 19.7. The number of thiophene rings is 1. The van der Waals surface area contributed by atoms with E-state index in [1.54, 1.807) is 12.0 Å². The maximum absolute atomic E-state index is 12.7. The Morgan fingerprint density at radius 3 is 2.89 bits per heavy atom. The van der Waals surface area contributed by atoms with Crippen LogP contribution in [0.3, 0.4) is 0 Å². The number of piperidine rings is 1. The van der Waals surface area contributed by atoms with Crippen LogP contribution in [0.25, 0.3) is 0 Å². The van der Waals surface area contributed by atoms with Crippen LogP contribution in [0, 0.1) is 5.92 Å². The first-order chi connectivity index (χ1) is 12.9. The molecule has 2 amide bonds. The summed E-state index contributed by atoms with van der Waals surface area (Å²) in [6.07, 6.45) is 0.483. The van der Waals surface area contributed by atoms with Crippen LogP contribution in [0.5, 0.6) is 5.75 Å². The Labute approximate surface area is 164 Å². The van der Waals surface area contributed by atoms with E-state index in [2.05, 4.69) is 10.2 Å². The third-order valence-electron chi connectivity index (χ3n) is 5.07. The quantitative estimate of drug-likeness (QED) is 0.825. The van der Waals surface area contributed by atoms with Crippen LogP contribution in [0.4, 0.5) is 9.80 Å². The van der Waals surface area contributed by atoms with Gasteiger partial charge in [-0.2, -0.15) is 0 Å². The van der Waals surface area contributed by atoms with Gasteiger partial charge in [0.15, 0.2) is 0 Å². The van der Waals surface area contributed by atoms with Crippen molar-refractivity contribution in [1.82, 2.24) is 9.80 Å². The molecule has 1 aliphatic rings. The van der Waals surface area contributed by atoms with Crippen LogP contribution < -0.4 is 10.1 Å². The van der Waals surface area contributed by atoms with Gasteiger partial charge in [0.2, 0.25) is 0 Å². The molecule has 1 aromatic carbocycles. The van der Waals surface area contributed by atoms with Gasteiger partial charge >= 0.3 is 6.03 Å². The van der Waals surface area contributed by atoms with Gasteiger partial charge in [-0.05, 0) is 55.7 Å². The molecule has 6 nitrogen and oxygen atoms in total. The van der Waals surface area contributed by atoms with E-state index in [4.69, 9.17) is 4.74 Å². The number of methoxy groups -OCH3 is 1. The molecule has 2 heterocycles. The van der Waals surface area contributed by atoms with Gasteiger partial charge < -0.3 is 19.6 Å². The highest BCUT2D eigenvalue weighted by Crippen LogP contribution is 2.39. The molecule has 1 saturated heterocycles. The fraction of sp³-hybridized carbons (Fsp3) is 0.450. The van der Waals surface area contributed by atoms with Crippen molar-refractivity contribution in [1.29, 1.82) is 0 Å². The van der Waals surface area contributed by atoms with Crippen molar-refractivity contribution in [3.05, 3.63) is 47.3 Å². The van der Waals surface area contributed by atoms with Crippen LogP contribution >= 0.6 is 11.3 Å². The second-order valence-corrected chi connectivity index (χ2v) is 8.17. The summed E-state index contributed by atoms with van der Waals surface area (Å²) in [6.45, 7) is 1.66. The number of ether oxygens (including phenoxy) is 1. The Morgan fingerprint density at radius 1 is 1.41 bits per heavy atom. The molecule has 3 rings (SSSR count). The number of amides is 2. The summed E-state index contributed by atoms with van der Waals surface area (Å²) in [5, 5.41) is 17.3. The maximum atomic E-state index is 12.7. The van der Waals surface area contributed by atoms with Gasteiger partial charge in [-0.15, -0.1) is 11.3 Å². The molecule has 0 aliphatic carbocycles. The van der Waals surface area contributed by atoms with Crippen molar-refractivity contribution in [3.8, 4) is 5.75 Å². The molecule has 146 valence electrons. The molecule has 2 aromatic rings. The average Bonchev–Trinajstić information content (AvgIpc) is 3.16. The summed E-state index contributed by atoms with van der Waals surface area (Å²) in [5.74, 6) is 0.616. The number of nitrogens with zero attached hydrogens (tertiary/aromatic N) is 2. The second-order valence-electron chi connectivity index (χ2n) is 7.22. The highest BCUT2D eigenvalue weighted by molar-refractivity contribution is 7.14. The van der Waals surface area contributed by atoms with Gasteiger partial charge in [0.25, 0.3) is 0 Å². The largest absolute Gasteiger partial charge is 0.497 e. The highest BCUT2D eigenvalue weighted by atomic mass is 32.1. The number of aliphatic hydroxyl groups is 1. The lowest BCUT2D eigenvalue weighted by molar-refractivity contribution is -0.0750. The molecule has 0 saturated carbocycles. The number of carbonyl (C=O) groups is 1. The number of urea groups is 1. The van der Waals surface area contributed by atoms with Gasteiger partial charge in [0.05, 0.1) is 17.7 Å². The minimum absolute atomic E-state index is 0.109. The highest BCUT2D eigenvalue weighted by Gasteiger charge is 2.44. The summed E-state index contributed by atoms with van der Waals surface area (Å²) in [7, 11) is 5.59. The second kappa shape index (κ2) is 8.29. The van der Waals surface area contributed by atoms with Crippen molar-refractivity contribution in [3.63, 3.8) is 0 Å². The van der Waals surface area contributed by atoms with Gasteiger partial charge in [0.1, 0.15) is 5.75 Å². The standard InChI is InChI=1S/C20H27N3O3S/c1-22(2)13-16-14-23(19(24)21-18-8-5-11-27-18)10-9-20(16,25)15-6-4-7-17(12-15)26-3/h4-8,11-12,16,25H,9-10,13-14H2,1-3H3,(H,21,24). The normalized spacial score (nSPS) is 22.7. The minimum atomic E-state index is -1.00. The molecule has 7 heteroatoms. The van der Waals surface area contributed by atoms with E-state index in [-0.39, 0.29) is 11.9 Å². The third kappa shape index (κ3) is 4.43. The number of rotatable bonds is 5. The molecular formula is C20H27N3O3S. The summed E-state index contributed by atoms with van der Waals surface area (Å²) in [6, 6.07) is 11.3. The number of likely N-dealkylation sites (tertiary alicyclic amines) is 1. The van der Waals surface area contributed by atoms with Crippen LogP contribution in [-0.4, -0.2) is 61.8 Å². The van der Waals surface area contributed by atoms with Gasteiger partial charge in [-0.1, -0.05) is 12.1 Å². The molecule has 2 atom stereocenters. The molecule has 1 fully saturated rings. The van der Waals surface area contributed by atoms with Crippen molar-refractivity contribution in [2.24, 2.45) is 5.92 Å². The molecule has 27 heavy (non-hydrogen) atoms. The zero-order chi connectivity index (χ0) is 19.4. The zero-order valence-corrected chi connectivity index (χ0v) is 16.8. The van der Waals surface area contributed by atoms with E-state index in [1.165, 1.54) is 11.3 Å². The lowest BCUT2D eigenvalue weighted by Gasteiger charge is -2.45. The molecule has 1 aromatic heterocycles. The smallest absolute Gasteiger partial charge is 0.322 e. The summed E-state index contributed by atoms with van der Waals surface area (Å²) >= 11 is 1.50. The first-order valence-electron chi connectivity index (χ1n) is 9.03. The summed E-state index contributed by atoms with van der Waals surface area (Å²) < 4.78 is 5.33. The Hall–Kier alpha value is -2.09. The molecule has 0 bridgehead atoms. The average molecular weight is 390 g/mol. The Balaban J connectivity index is 1.80.